The van der Waals surface area contributed by atoms with Crippen molar-refractivity contribution in [1.29, 1.82) is 5.26 Å². The van der Waals surface area contributed by atoms with Crippen molar-refractivity contribution in [1.82, 2.24) is 15.1 Å². The highest BCUT2D eigenvalue weighted by Crippen LogP contribution is 2.29. The number of hydrogen-bond donors (Lipinski definition) is 2. The molecular weight excluding hydrogens is 325 g/mol. The minimum Gasteiger partial charge on any atom is -0.493 e. The molecule has 0 radical (unpaired) electrons. The fourth-order valence-corrected chi connectivity index (χ4v) is 2.36. The Kier molecular flexibility index (Phi) is 6.48. The van der Waals surface area contributed by atoms with Gasteiger partial charge >= 0.3 is 0 Å². The molecule has 1 heterocycles. The summed E-state index contributed by atoms with van der Waals surface area (Å²) in [5.74, 6) is -0.745. The first-order chi connectivity index (χ1) is 12.0. The van der Waals surface area contributed by atoms with Gasteiger partial charge in [-0.3, -0.25) is 9.48 Å². The van der Waals surface area contributed by atoms with Crippen LogP contribution in [0.4, 0.5) is 10.1 Å². The van der Waals surface area contributed by atoms with E-state index in [9.17, 15) is 9.18 Å². The number of nitriles is 1. The van der Waals surface area contributed by atoms with Gasteiger partial charge < -0.3 is 15.4 Å². The van der Waals surface area contributed by atoms with Gasteiger partial charge in [0.05, 0.1) is 24.6 Å². The average Bonchev–Trinajstić information content (AvgIpc) is 2.99. The summed E-state index contributed by atoms with van der Waals surface area (Å²) in [6.45, 7) is 1.20. The number of carbonyl (C=O) groups excluding carboxylic acids is 1. The van der Waals surface area contributed by atoms with Crippen LogP contribution in [0.5, 0.6) is 5.75 Å². The Morgan fingerprint density at radius 3 is 2.88 bits per heavy atom. The molecule has 0 spiro atoms. The lowest BCUT2D eigenvalue weighted by molar-refractivity contribution is -0.116. The highest BCUT2D eigenvalue weighted by molar-refractivity contribution is 5.93. The van der Waals surface area contributed by atoms with Crippen LogP contribution in [0.15, 0.2) is 24.5 Å². The van der Waals surface area contributed by atoms with Gasteiger partial charge in [0.15, 0.2) is 5.75 Å². The van der Waals surface area contributed by atoms with Crippen LogP contribution in [-0.2, 0) is 18.3 Å². The first-order valence-electron chi connectivity index (χ1n) is 7.79. The number of halogens is 1. The summed E-state index contributed by atoms with van der Waals surface area (Å²) < 4.78 is 20.4. The van der Waals surface area contributed by atoms with Crippen molar-refractivity contribution in [3.05, 3.63) is 41.5 Å². The number of amides is 1. The molecule has 25 heavy (non-hydrogen) atoms. The first kappa shape index (κ1) is 18.4. The van der Waals surface area contributed by atoms with E-state index in [4.69, 9.17) is 10.00 Å². The smallest absolute Gasteiger partial charge is 0.225 e. The molecule has 7 nitrogen and oxygen atoms in total. The molecule has 1 aromatic carbocycles. The molecule has 2 aromatic rings. The maximum Gasteiger partial charge on any atom is 0.225 e. The van der Waals surface area contributed by atoms with E-state index >= 15 is 0 Å². The molecule has 8 heteroatoms. The predicted molar refractivity (Wildman–Crippen MR) is 90.7 cm³/mol. The third kappa shape index (κ3) is 5.29. The summed E-state index contributed by atoms with van der Waals surface area (Å²) in [5, 5.41) is 18.8. The molecule has 0 aliphatic rings. The lowest BCUT2D eigenvalue weighted by Gasteiger charge is -2.12. The number of nitrogens with one attached hydrogen (secondary N) is 2. The molecule has 2 N–H and O–H groups in total. The Labute approximate surface area is 145 Å². The maximum absolute atomic E-state index is 13.5. The number of nitrogens with zero attached hydrogens (tertiary/aromatic N) is 3. The minimum atomic E-state index is -0.609. The summed E-state index contributed by atoms with van der Waals surface area (Å²) in [6.07, 6.45) is 4.78. The number of ether oxygens (including phenoxy) is 1. The van der Waals surface area contributed by atoms with Crippen molar-refractivity contribution in [3.63, 3.8) is 0 Å². The summed E-state index contributed by atoms with van der Waals surface area (Å²) in [6, 6.07) is 4.04. The Morgan fingerprint density at radius 2 is 2.24 bits per heavy atom. The highest BCUT2D eigenvalue weighted by atomic mass is 19.1. The van der Waals surface area contributed by atoms with Gasteiger partial charge in [-0.1, -0.05) is 0 Å². The topological polar surface area (TPSA) is 92.0 Å². The van der Waals surface area contributed by atoms with Gasteiger partial charge in [0.2, 0.25) is 5.91 Å². The highest BCUT2D eigenvalue weighted by Gasteiger charge is 2.14. The molecule has 0 atom stereocenters. The van der Waals surface area contributed by atoms with E-state index in [0.29, 0.717) is 6.54 Å². The van der Waals surface area contributed by atoms with E-state index in [1.165, 1.54) is 7.11 Å². The van der Waals surface area contributed by atoms with E-state index in [1.54, 1.807) is 10.9 Å². The fraction of sp³-hybridized carbons (Fsp3) is 0.353. The molecule has 0 saturated carbocycles. The van der Waals surface area contributed by atoms with Crippen LogP contribution in [0.2, 0.25) is 0 Å². The molecule has 0 unspecified atom stereocenters. The quantitative estimate of drug-likeness (QED) is 0.709. The second-order valence-electron chi connectivity index (χ2n) is 5.47. The van der Waals surface area contributed by atoms with Gasteiger partial charge in [-0.25, -0.2) is 4.39 Å². The van der Waals surface area contributed by atoms with Crippen molar-refractivity contribution in [2.75, 3.05) is 25.5 Å². The second-order valence-corrected chi connectivity index (χ2v) is 5.47. The number of benzene rings is 1. The van der Waals surface area contributed by atoms with Crippen LogP contribution in [0.3, 0.4) is 0 Å². The Balaban J connectivity index is 1.80. The molecule has 1 aromatic heterocycles. The van der Waals surface area contributed by atoms with Gasteiger partial charge in [0.1, 0.15) is 11.9 Å². The van der Waals surface area contributed by atoms with E-state index in [2.05, 4.69) is 15.7 Å². The molecular formula is C17H20FN5O2. The number of anilines is 1. The van der Waals surface area contributed by atoms with Gasteiger partial charge in [0.25, 0.3) is 0 Å². The van der Waals surface area contributed by atoms with Crippen molar-refractivity contribution < 1.29 is 13.9 Å². The normalized spacial score (nSPS) is 10.3. The van der Waals surface area contributed by atoms with Crippen LogP contribution in [0.25, 0.3) is 0 Å². The Bertz CT molecular complexity index is 782. The summed E-state index contributed by atoms with van der Waals surface area (Å²) in [7, 11) is 3.23. The molecule has 0 fully saturated rings. The zero-order chi connectivity index (χ0) is 18.2. The van der Waals surface area contributed by atoms with Gasteiger partial charge in [-0.05, 0) is 24.6 Å². The molecule has 0 aliphatic heterocycles. The third-order valence-corrected chi connectivity index (χ3v) is 3.53. The predicted octanol–water partition coefficient (Wildman–Crippen LogP) is 1.60. The summed E-state index contributed by atoms with van der Waals surface area (Å²) >= 11 is 0. The van der Waals surface area contributed by atoms with Crippen molar-refractivity contribution in [2.45, 2.75) is 12.8 Å². The van der Waals surface area contributed by atoms with Crippen LogP contribution >= 0.6 is 0 Å². The molecule has 0 saturated heterocycles. The van der Waals surface area contributed by atoms with Gasteiger partial charge in [-0.15, -0.1) is 0 Å². The monoisotopic (exact) mass is 345 g/mol. The van der Waals surface area contributed by atoms with Gasteiger partial charge in [-0.2, -0.15) is 10.4 Å². The molecule has 0 bridgehead atoms. The van der Waals surface area contributed by atoms with Gasteiger partial charge in [0, 0.05) is 32.3 Å². The average molecular weight is 345 g/mol. The Morgan fingerprint density at radius 1 is 1.44 bits per heavy atom. The summed E-state index contributed by atoms with van der Waals surface area (Å²) in [5.41, 5.74) is 1.31. The zero-order valence-electron chi connectivity index (χ0n) is 14.2. The standard InChI is InChI=1S/C17H20FN5O2/c1-23-11-12(10-21-23)3-5-20-6-4-16(24)22-15-8-14(18)7-13(9-19)17(15)25-2/h7-8,10-11,20H,3-6H2,1-2H3,(H,22,24). The number of aromatic nitrogens is 2. The number of methoxy groups -OCH3 is 1. The number of aryl methyl sites for hydroxylation is 1. The largest absolute Gasteiger partial charge is 0.493 e. The number of rotatable bonds is 8. The van der Waals surface area contributed by atoms with E-state index in [1.807, 2.05) is 19.3 Å². The third-order valence-electron chi connectivity index (χ3n) is 3.53. The molecule has 2 rings (SSSR count). The summed E-state index contributed by atoms with van der Waals surface area (Å²) in [4.78, 5) is 12.0. The van der Waals surface area contributed by atoms with Crippen LogP contribution in [0, 0.1) is 17.1 Å². The SMILES string of the molecule is COc1c(C#N)cc(F)cc1NC(=O)CCNCCc1cnn(C)c1. The first-order valence-corrected chi connectivity index (χ1v) is 7.79. The molecule has 0 aliphatic carbocycles. The zero-order valence-corrected chi connectivity index (χ0v) is 14.2. The van der Waals surface area contributed by atoms with Crippen LogP contribution in [-0.4, -0.2) is 35.9 Å². The molecule has 132 valence electrons. The van der Waals surface area contributed by atoms with Crippen molar-refractivity contribution in [3.8, 4) is 11.8 Å². The number of carbonyl (C=O) groups is 1. The lowest BCUT2D eigenvalue weighted by atomic mass is 10.1. The van der Waals surface area contributed by atoms with E-state index in [0.717, 1.165) is 30.7 Å². The van der Waals surface area contributed by atoms with E-state index in [-0.39, 0.29) is 29.3 Å². The molecule has 1 amide bonds. The van der Waals surface area contributed by atoms with Crippen LogP contribution < -0.4 is 15.4 Å². The van der Waals surface area contributed by atoms with Crippen molar-refractivity contribution in [2.24, 2.45) is 7.05 Å². The minimum absolute atomic E-state index is 0.0346. The second kappa shape index (κ2) is 8.80. The van der Waals surface area contributed by atoms with Crippen molar-refractivity contribution >= 4 is 11.6 Å². The van der Waals surface area contributed by atoms with Crippen LogP contribution in [0.1, 0.15) is 17.5 Å². The number of hydrogen-bond acceptors (Lipinski definition) is 5. The lowest BCUT2D eigenvalue weighted by Crippen LogP contribution is -2.23. The Hall–Kier alpha value is -2.92. The van der Waals surface area contributed by atoms with E-state index < -0.39 is 5.82 Å². The maximum atomic E-state index is 13.5. The fourth-order valence-electron chi connectivity index (χ4n) is 2.36.